The highest BCUT2D eigenvalue weighted by atomic mass is 32.1. The second-order valence-corrected chi connectivity index (χ2v) is 15.0. The molecule has 0 unspecified atom stereocenters. The minimum absolute atomic E-state index is 0.678. The number of nitrogens with zero attached hydrogens (tertiary/aromatic N) is 3. The minimum atomic E-state index is 0.678. The van der Waals surface area contributed by atoms with Crippen LogP contribution in [0.3, 0.4) is 0 Å². The third kappa shape index (κ3) is 5.48. The molecule has 7 aromatic carbocycles. The van der Waals surface area contributed by atoms with E-state index in [2.05, 4.69) is 145 Å². The van der Waals surface area contributed by atoms with Gasteiger partial charge in [0.2, 0.25) is 0 Å². The fourth-order valence-electron chi connectivity index (χ4n) is 7.90. The first kappa shape index (κ1) is 32.2. The van der Waals surface area contributed by atoms with E-state index in [1.165, 1.54) is 25.7 Å². The van der Waals surface area contributed by atoms with Gasteiger partial charge in [-0.1, -0.05) is 140 Å². The molecule has 5 heteroatoms. The van der Waals surface area contributed by atoms with Crippen LogP contribution in [0.15, 0.2) is 193 Å². The molecule has 0 amide bonds. The summed E-state index contributed by atoms with van der Waals surface area (Å²) in [6.45, 7) is 0. The lowest BCUT2D eigenvalue weighted by atomic mass is 9.93. The number of rotatable bonds is 6. The summed E-state index contributed by atoms with van der Waals surface area (Å²) < 4.78 is 9.30. The maximum atomic E-state index is 6.74. The molecule has 0 saturated carbocycles. The molecule has 11 aromatic rings. The third-order valence-corrected chi connectivity index (χ3v) is 11.9. The van der Waals surface area contributed by atoms with Gasteiger partial charge in [0.15, 0.2) is 5.82 Å². The van der Waals surface area contributed by atoms with Crippen LogP contribution in [0.4, 0.5) is 0 Å². The van der Waals surface area contributed by atoms with Crippen LogP contribution in [0.2, 0.25) is 0 Å². The van der Waals surface area contributed by atoms with Crippen molar-refractivity contribution in [2.75, 3.05) is 0 Å². The molecule has 0 aliphatic carbocycles. The van der Waals surface area contributed by atoms with Crippen LogP contribution in [0.5, 0.6) is 0 Å². The summed E-state index contributed by atoms with van der Waals surface area (Å²) in [7, 11) is 0. The molecule has 0 aliphatic rings. The van der Waals surface area contributed by atoms with E-state index in [1.807, 2.05) is 60.1 Å². The molecule has 4 heterocycles. The Labute approximate surface area is 327 Å². The van der Waals surface area contributed by atoms with Gasteiger partial charge in [0.25, 0.3) is 0 Å². The highest BCUT2D eigenvalue weighted by Crippen LogP contribution is 2.46. The molecule has 56 heavy (non-hydrogen) atoms. The summed E-state index contributed by atoms with van der Waals surface area (Å²) in [5.74, 6) is 0.678. The number of benzene rings is 7. The Bertz CT molecular complexity index is 3220. The van der Waals surface area contributed by atoms with Gasteiger partial charge < -0.3 is 4.42 Å². The van der Waals surface area contributed by atoms with Crippen molar-refractivity contribution < 1.29 is 4.42 Å². The highest BCUT2D eigenvalue weighted by molar-refractivity contribution is 7.26. The molecule has 0 radical (unpaired) electrons. The maximum Gasteiger partial charge on any atom is 0.160 e. The molecule has 0 atom stereocenters. The van der Waals surface area contributed by atoms with Crippen molar-refractivity contribution in [2.24, 2.45) is 0 Å². The van der Waals surface area contributed by atoms with E-state index in [0.29, 0.717) is 5.82 Å². The third-order valence-electron chi connectivity index (χ3n) is 10.7. The molecule has 11 rings (SSSR count). The molecule has 4 nitrogen and oxygen atoms in total. The summed E-state index contributed by atoms with van der Waals surface area (Å²) in [6, 6.07) is 61.7. The lowest BCUT2D eigenvalue weighted by molar-refractivity contribution is 0.670. The fraction of sp³-hybridized carbons (Fsp3) is 0. The standard InChI is InChI=1S/C51H31N3OS/c1-2-9-35(10-3-1)44-31-45(36-21-17-32(18-22-36)33-27-29-52-30-28-33)54-51(53-44)37-23-19-34(20-24-37)38-25-26-40(49-48(38)43-12-4-6-15-46(43)55-49)42-14-8-13-41-39-11-5-7-16-47(39)56-50(41)42/h1-31H. The Morgan fingerprint density at radius 1 is 0.411 bits per heavy atom. The van der Waals surface area contributed by atoms with Crippen LogP contribution < -0.4 is 0 Å². The number of pyridine rings is 1. The van der Waals surface area contributed by atoms with Crippen molar-refractivity contribution in [2.45, 2.75) is 0 Å². The van der Waals surface area contributed by atoms with E-state index in [-0.39, 0.29) is 0 Å². The van der Waals surface area contributed by atoms with Crippen molar-refractivity contribution in [1.29, 1.82) is 0 Å². The quantitative estimate of drug-likeness (QED) is 0.171. The lowest BCUT2D eigenvalue weighted by Gasteiger charge is -2.12. The van der Waals surface area contributed by atoms with E-state index in [1.54, 1.807) is 0 Å². The number of furan rings is 1. The number of fused-ring (bicyclic) bond motifs is 6. The number of hydrogen-bond acceptors (Lipinski definition) is 5. The van der Waals surface area contributed by atoms with Gasteiger partial charge in [-0.2, -0.15) is 0 Å². The van der Waals surface area contributed by atoms with Gasteiger partial charge in [-0.15, -0.1) is 11.3 Å². The second kappa shape index (κ2) is 13.3. The summed E-state index contributed by atoms with van der Waals surface area (Å²) in [5, 5.41) is 4.78. The van der Waals surface area contributed by atoms with Crippen molar-refractivity contribution in [3.8, 4) is 67.3 Å². The Kier molecular flexibility index (Phi) is 7.64. The van der Waals surface area contributed by atoms with Crippen molar-refractivity contribution in [3.63, 3.8) is 0 Å². The summed E-state index contributed by atoms with van der Waals surface area (Å²) in [4.78, 5) is 14.4. The molecule has 0 bridgehead atoms. The lowest BCUT2D eigenvalue weighted by Crippen LogP contribution is -1.96. The first-order valence-corrected chi connectivity index (χ1v) is 19.5. The van der Waals surface area contributed by atoms with Crippen LogP contribution in [0.1, 0.15) is 0 Å². The number of aromatic nitrogens is 3. The average molecular weight is 734 g/mol. The molecule has 0 saturated heterocycles. The minimum Gasteiger partial charge on any atom is -0.455 e. The van der Waals surface area contributed by atoms with Crippen molar-refractivity contribution in [1.82, 2.24) is 15.0 Å². The summed E-state index contributed by atoms with van der Waals surface area (Å²) >= 11 is 1.84. The van der Waals surface area contributed by atoms with E-state index in [0.717, 1.165) is 77.8 Å². The summed E-state index contributed by atoms with van der Waals surface area (Å²) in [5.41, 5.74) is 13.3. The summed E-state index contributed by atoms with van der Waals surface area (Å²) in [6.07, 6.45) is 3.64. The van der Waals surface area contributed by atoms with Gasteiger partial charge in [-0.25, -0.2) is 9.97 Å². The van der Waals surface area contributed by atoms with Gasteiger partial charge in [0.1, 0.15) is 11.2 Å². The monoisotopic (exact) mass is 733 g/mol. The van der Waals surface area contributed by atoms with Crippen LogP contribution in [0, 0.1) is 0 Å². The van der Waals surface area contributed by atoms with Gasteiger partial charge in [0, 0.05) is 71.2 Å². The fourth-order valence-corrected chi connectivity index (χ4v) is 9.13. The molecule has 0 spiro atoms. The second-order valence-electron chi connectivity index (χ2n) is 14.0. The smallest absolute Gasteiger partial charge is 0.160 e. The zero-order valence-electron chi connectivity index (χ0n) is 30.1. The number of para-hydroxylation sites is 1. The van der Waals surface area contributed by atoms with Crippen molar-refractivity contribution >= 4 is 53.4 Å². The Morgan fingerprint density at radius 2 is 1.02 bits per heavy atom. The molecular formula is C51H31N3OS. The molecular weight excluding hydrogens is 703 g/mol. The van der Waals surface area contributed by atoms with Crippen LogP contribution in [-0.4, -0.2) is 15.0 Å². The predicted molar refractivity (Wildman–Crippen MR) is 233 cm³/mol. The van der Waals surface area contributed by atoms with E-state index < -0.39 is 0 Å². The van der Waals surface area contributed by atoms with Gasteiger partial charge in [-0.3, -0.25) is 4.98 Å². The molecule has 4 aromatic heterocycles. The predicted octanol–water partition coefficient (Wildman–Crippen LogP) is 14.1. The zero-order valence-corrected chi connectivity index (χ0v) is 30.9. The van der Waals surface area contributed by atoms with Crippen molar-refractivity contribution in [3.05, 3.63) is 188 Å². The van der Waals surface area contributed by atoms with Crippen LogP contribution in [-0.2, 0) is 0 Å². The van der Waals surface area contributed by atoms with Crippen LogP contribution in [0.25, 0.3) is 109 Å². The van der Waals surface area contributed by atoms with Gasteiger partial charge >= 0.3 is 0 Å². The highest BCUT2D eigenvalue weighted by Gasteiger charge is 2.20. The first-order valence-electron chi connectivity index (χ1n) is 18.7. The topological polar surface area (TPSA) is 51.8 Å². The molecule has 262 valence electrons. The average Bonchev–Trinajstić information content (AvgIpc) is 3.86. The molecule has 0 N–H and O–H groups in total. The molecule has 0 aliphatic heterocycles. The van der Waals surface area contributed by atoms with Gasteiger partial charge in [0.05, 0.1) is 11.4 Å². The normalized spacial score (nSPS) is 11.6. The SMILES string of the molecule is c1ccc(-c2cc(-c3ccc(-c4ccncc4)cc3)nc(-c3ccc(-c4ccc(-c5cccc6c5sc5ccccc56)c5oc6ccccc6c45)cc3)n2)cc1. The van der Waals surface area contributed by atoms with E-state index in [4.69, 9.17) is 14.4 Å². The largest absolute Gasteiger partial charge is 0.455 e. The Morgan fingerprint density at radius 3 is 1.82 bits per heavy atom. The van der Waals surface area contributed by atoms with E-state index >= 15 is 0 Å². The molecule has 0 fully saturated rings. The van der Waals surface area contributed by atoms with Crippen LogP contribution >= 0.6 is 11.3 Å². The Balaban J connectivity index is 1.02. The van der Waals surface area contributed by atoms with Gasteiger partial charge in [-0.05, 0) is 58.7 Å². The number of hydrogen-bond donors (Lipinski definition) is 0. The maximum absolute atomic E-state index is 6.74. The zero-order chi connectivity index (χ0) is 37.0. The Hall–Kier alpha value is -7.21. The van der Waals surface area contributed by atoms with E-state index in [9.17, 15) is 0 Å². The number of thiophene rings is 1. The first-order chi connectivity index (χ1) is 27.7.